The van der Waals surface area contributed by atoms with Crippen LogP contribution in [0.4, 0.5) is 0 Å². The van der Waals surface area contributed by atoms with Crippen molar-refractivity contribution in [2.75, 3.05) is 20.2 Å². The summed E-state index contributed by atoms with van der Waals surface area (Å²) in [6.07, 6.45) is 2.24. The van der Waals surface area contributed by atoms with E-state index in [4.69, 9.17) is 9.72 Å². The summed E-state index contributed by atoms with van der Waals surface area (Å²) in [5.74, 6) is 0.985. The molecule has 1 aliphatic heterocycles. The summed E-state index contributed by atoms with van der Waals surface area (Å²) in [5, 5.41) is 1.85. The summed E-state index contributed by atoms with van der Waals surface area (Å²) in [5.41, 5.74) is 2.01. The molecule has 2 aromatic rings. The predicted molar refractivity (Wildman–Crippen MR) is 94.2 cm³/mol. The van der Waals surface area contributed by atoms with E-state index < -0.39 is 0 Å². The number of hydrogen-bond acceptors (Lipinski definition) is 4. The van der Waals surface area contributed by atoms with Crippen LogP contribution in [0.25, 0.3) is 10.9 Å². The number of aryl methyl sites for hydroxylation is 1. The molecule has 1 saturated heterocycles. The maximum Gasteiger partial charge on any atom is 0.235 e. The number of carbonyl (C=O) groups excluding carboxylic acids is 1. The van der Waals surface area contributed by atoms with Gasteiger partial charge in [-0.25, -0.2) is 4.98 Å². The Hall–Kier alpha value is -1.75. The van der Waals surface area contributed by atoms with E-state index >= 15 is 0 Å². The molecule has 1 aromatic carbocycles. The maximum atomic E-state index is 12.5. The Morgan fingerprint density at radius 1 is 1.35 bits per heavy atom. The molecule has 0 unspecified atom stereocenters. The number of rotatable bonds is 4. The van der Waals surface area contributed by atoms with Gasteiger partial charge in [0.1, 0.15) is 11.3 Å². The number of aromatic nitrogens is 1. The molecular weight excluding hydrogens is 308 g/mol. The highest BCUT2D eigenvalue weighted by atomic mass is 32.2. The van der Waals surface area contributed by atoms with Gasteiger partial charge in [-0.05, 0) is 44.4 Å². The second-order valence-corrected chi connectivity index (χ2v) is 7.29. The fourth-order valence-electron chi connectivity index (χ4n) is 3.01. The first-order chi connectivity index (χ1) is 11.1. The minimum atomic E-state index is -0.118. The third kappa shape index (κ3) is 3.29. The average Bonchev–Trinajstić information content (AvgIpc) is 3.08. The van der Waals surface area contributed by atoms with Gasteiger partial charge in [0.05, 0.1) is 17.4 Å². The van der Waals surface area contributed by atoms with Crippen LogP contribution in [0.15, 0.2) is 29.3 Å². The van der Waals surface area contributed by atoms with E-state index in [1.165, 1.54) is 11.8 Å². The smallest absolute Gasteiger partial charge is 0.235 e. The number of ether oxygens (including phenoxy) is 1. The normalized spacial score (nSPS) is 15.9. The first-order valence-electron chi connectivity index (χ1n) is 8.00. The Balaban J connectivity index is 1.86. The number of thioether (sulfide) groups is 1. The molecule has 4 nitrogen and oxygen atoms in total. The van der Waals surface area contributed by atoms with Crippen LogP contribution < -0.4 is 4.74 Å². The topological polar surface area (TPSA) is 42.4 Å². The second kappa shape index (κ2) is 6.79. The van der Waals surface area contributed by atoms with Crippen LogP contribution in [0.5, 0.6) is 5.75 Å². The molecular formula is C18H22N2O2S. The molecule has 0 bridgehead atoms. The zero-order chi connectivity index (χ0) is 16.4. The molecule has 1 amide bonds. The molecule has 1 fully saturated rings. The van der Waals surface area contributed by atoms with Gasteiger partial charge in [0, 0.05) is 18.5 Å². The van der Waals surface area contributed by atoms with E-state index in [2.05, 4.69) is 13.0 Å². The minimum Gasteiger partial charge on any atom is -0.494 e. The molecule has 1 atom stereocenters. The Labute approximate surface area is 141 Å². The number of pyridine rings is 1. The summed E-state index contributed by atoms with van der Waals surface area (Å²) in [6.45, 7) is 5.82. The first kappa shape index (κ1) is 16.1. The Kier molecular flexibility index (Phi) is 4.76. The lowest BCUT2D eigenvalue weighted by molar-refractivity contribution is -0.129. The van der Waals surface area contributed by atoms with Gasteiger partial charge < -0.3 is 9.64 Å². The predicted octanol–water partition coefficient (Wildman–Crippen LogP) is 3.65. The molecule has 0 saturated carbocycles. The van der Waals surface area contributed by atoms with Crippen LogP contribution in [-0.2, 0) is 4.79 Å². The van der Waals surface area contributed by atoms with E-state index in [9.17, 15) is 4.79 Å². The number of likely N-dealkylation sites (tertiary alicyclic amines) is 1. The number of fused-ring (bicyclic) bond motifs is 1. The minimum absolute atomic E-state index is 0.118. The van der Waals surface area contributed by atoms with Gasteiger partial charge >= 0.3 is 0 Å². The fraction of sp³-hybridized carbons (Fsp3) is 0.444. The highest BCUT2D eigenvalue weighted by molar-refractivity contribution is 8.00. The quantitative estimate of drug-likeness (QED) is 0.803. The van der Waals surface area contributed by atoms with Gasteiger partial charge in [-0.3, -0.25) is 4.79 Å². The third-order valence-corrected chi connectivity index (χ3v) is 5.27. The van der Waals surface area contributed by atoms with Crippen LogP contribution in [-0.4, -0.2) is 41.2 Å². The molecule has 1 aromatic heterocycles. The number of nitrogens with zero attached hydrogens (tertiary/aromatic N) is 2. The van der Waals surface area contributed by atoms with Crippen LogP contribution in [0.1, 0.15) is 25.3 Å². The van der Waals surface area contributed by atoms with Crippen molar-refractivity contribution in [1.82, 2.24) is 9.88 Å². The summed E-state index contributed by atoms with van der Waals surface area (Å²) in [7, 11) is 1.66. The largest absolute Gasteiger partial charge is 0.494 e. The van der Waals surface area contributed by atoms with Crippen molar-refractivity contribution in [2.45, 2.75) is 37.0 Å². The van der Waals surface area contributed by atoms with Crippen molar-refractivity contribution in [3.05, 3.63) is 29.8 Å². The molecule has 0 spiro atoms. The number of hydrogen-bond donors (Lipinski definition) is 0. The summed E-state index contributed by atoms with van der Waals surface area (Å²) >= 11 is 1.53. The van der Waals surface area contributed by atoms with Gasteiger partial charge in [0.2, 0.25) is 5.91 Å². The number of benzene rings is 1. The highest BCUT2D eigenvalue weighted by Gasteiger charge is 2.24. The maximum absolute atomic E-state index is 12.5. The van der Waals surface area contributed by atoms with Gasteiger partial charge in [0.25, 0.3) is 0 Å². The zero-order valence-corrected chi connectivity index (χ0v) is 14.7. The van der Waals surface area contributed by atoms with E-state index in [1.54, 1.807) is 7.11 Å². The summed E-state index contributed by atoms with van der Waals surface area (Å²) in [6, 6.07) is 8.00. The Morgan fingerprint density at radius 2 is 2.09 bits per heavy atom. The van der Waals surface area contributed by atoms with Crippen molar-refractivity contribution in [3.63, 3.8) is 0 Å². The van der Waals surface area contributed by atoms with Crippen molar-refractivity contribution in [2.24, 2.45) is 0 Å². The first-order valence-corrected chi connectivity index (χ1v) is 8.88. The van der Waals surface area contributed by atoms with Crippen molar-refractivity contribution < 1.29 is 9.53 Å². The second-order valence-electron chi connectivity index (χ2n) is 5.93. The summed E-state index contributed by atoms with van der Waals surface area (Å²) in [4.78, 5) is 19.2. The SMILES string of the molecule is COc1cccc2c(C)cc(S[C@H](C)C(=O)N3CCCC3)nc12. The molecule has 0 radical (unpaired) electrons. The number of carbonyl (C=O) groups is 1. The van der Waals surface area contributed by atoms with Gasteiger partial charge in [0.15, 0.2) is 0 Å². The highest BCUT2D eigenvalue weighted by Crippen LogP contribution is 2.31. The van der Waals surface area contributed by atoms with Crippen LogP contribution >= 0.6 is 11.8 Å². The van der Waals surface area contributed by atoms with E-state index in [1.807, 2.05) is 30.0 Å². The van der Waals surface area contributed by atoms with Crippen LogP contribution in [0, 0.1) is 6.92 Å². The molecule has 3 rings (SSSR count). The van der Waals surface area contributed by atoms with E-state index in [0.29, 0.717) is 0 Å². The lowest BCUT2D eigenvalue weighted by Crippen LogP contribution is -2.34. The Morgan fingerprint density at radius 3 is 2.78 bits per heavy atom. The van der Waals surface area contributed by atoms with Crippen LogP contribution in [0.3, 0.4) is 0 Å². The Bertz CT molecular complexity index is 726. The van der Waals surface area contributed by atoms with Gasteiger partial charge in [-0.1, -0.05) is 23.9 Å². The molecule has 5 heteroatoms. The number of methoxy groups -OCH3 is 1. The molecule has 122 valence electrons. The van der Waals surface area contributed by atoms with E-state index in [0.717, 1.165) is 53.2 Å². The summed E-state index contributed by atoms with van der Waals surface area (Å²) < 4.78 is 5.42. The number of amides is 1. The molecule has 1 aliphatic rings. The third-order valence-electron chi connectivity index (χ3n) is 4.27. The molecule has 0 aliphatic carbocycles. The van der Waals surface area contributed by atoms with Crippen LogP contribution in [0.2, 0.25) is 0 Å². The number of para-hydroxylation sites is 1. The van der Waals surface area contributed by atoms with Gasteiger partial charge in [-0.2, -0.15) is 0 Å². The van der Waals surface area contributed by atoms with E-state index in [-0.39, 0.29) is 11.2 Å². The fourth-order valence-corrected chi connectivity index (χ4v) is 4.01. The molecule has 23 heavy (non-hydrogen) atoms. The standard InChI is InChI=1S/C18H22N2O2S/c1-12-11-16(19-17-14(12)7-6-8-15(17)22-3)23-13(2)18(21)20-9-4-5-10-20/h6-8,11,13H,4-5,9-10H2,1-3H3/t13-/m1/s1. The van der Waals surface area contributed by atoms with Crippen molar-refractivity contribution >= 4 is 28.6 Å². The monoisotopic (exact) mass is 330 g/mol. The lowest BCUT2D eigenvalue weighted by Gasteiger charge is -2.20. The zero-order valence-electron chi connectivity index (χ0n) is 13.8. The van der Waals surface area contributed by atoms with Crippen molar-refractivity contribution in [1.29, 1.82) is 0 Å². The van der Waals surface area contributed by atoms with Gasteiger partial charge in [-0.15, -0.1) is 0 Å². The molecule has 0 N–H and O–H groups in total. The van der Waals surface area contributed by atoms with Crippen molar-refractivity contribution in [3.8, 4) is 5.75 Å². The average molecular weight is 330 g/mol. The molecule has 2 heterocycles. The lowest BCUT2D eigenvalue weighted by atomic mass is 10.1.